The molecular weight excluding hydrogens is 404 g/mol. The highest BCUT2D eigenvalue weighted by atomic mass is 32.2. The van der Waals surface area contributed by atoms with Gasteiger partial charge in [-0.25, -0.2) is 13.1 Å². The molecule has 29 heavy (non-hydrogen) atoms. The number of carbonyl (C=O) groups is 1. The number of amides is 1. The Kier molecular flexibility index (Phi) is 7.38. The van der Waals surface area contributed by atoms with Crippen molar-refractivity contribution in [1.82, 2.24) is 9.62 Å². The lowest BCUT2D eigenvalue weighted by atomic mass is 10.1. The van der Waals surface area contributed by atoms with Crippen LogP contribution >= 0.6 is 11.8 Å². The van der Waals surface area contributed by atoms with Crippen LogP contribution in [0.15, 0.2) is 58.3 Å². The fraction of sp³-hybridized carbons (Fsp3) is 0.409. The normalized spacial score (nSPS) is 15.4. The van der Waals surface area contributed by atoms with E-state index in [-0.39, 0.29) is 16.8 Å². The van der Waals surface area contributed by atoms with E-state index in [1.807, 2.05) is 43.5 Å². The summed E-state index contributed by atoms with van der Waals surface area (Å²) in [6.07, 6.45) is 5.39. The van der Waals surface area contributed by atoms with Crippen LogP contribution in [-0.4, -0.2) is 44.6 Å². The van der Waals surface area contributed by atoms with E-state index in [1.165, 1.54) is 23.4 Å². The summed E-state index contributed by atoms with van der Waals surface area (Å²) < 4.78 is 28.6. The van der Waals surface area contributed by atoms with Gasteiger partial charge in [-0.15, -0.1) is 11.8 Å². The Morgan fingerprint density at radius 1 is 1.14 bits per heavy atom. The Bertz CT molecular complexity index is 940. The van der Waals surface area contributed by atoms with Gasteiger partial charge in [0.1, 0.15) is 0 Å². The Labute approximate surface area is 177 Å². The highest BCUT2D eigenvalue weighted by Crippen LogP contribution is 2.26. The van der Waals surface area contributed by atoms with Gasteiger partial charge < -0.3 is 4.90 Å². The highest BCUT2D eigenvalue weighted by molar-refractivity contribution is 7.98. The number of carbonyl (C=O) groups excluding carboxylic acids is 1. The first-order valence-corrected chi connectivity index (χ1v) is 12.6. The van der Waals surface area contributed by atoms with E-state index in [1.54, 1.807) is 17.0 Å². The molecule has 2 aromatic carbocycles. The van der Waals surface area contributed by atoms with Crippen molar-refractivity contribution in [2.24, 2.45) is 0 Å². The van der Waals surface area contributed by atoms with Gasteiger partial charge in [-0.1, -0.05) is 30.3 Å². The number of thioether (sulfide) groups is 1. The highest BCUT2D eigenvalue weighted by Gasteiger charge is 2.25. The summed E-state index contributed by atoms with van der Waals surface area (Å²) in [7, 11) is -3.70. The zero-order valence-corrected chi connectivity index (χ0v) is 18.6. The predicted molar refractivity (Wildman–Crippen MR) is 118 cm³/mol. The van der Waals surface area contributed by atoms with Gasteiger partial charge in [0.15, 0.2) is 0 Å². The Morgan fingerprint density at radius 2 is 1.83 bits per heavy atom. The molecule has 156 valence electrons. The predicted octanol–water partition coefficient (Wildman–Crippen LogP) is 3.94. The van der Waals surface area contributed by atoms with Crippen molar-refractivity contribution in [3.8, 4) is 0 Å². The van der Waals surface area contributed by atoms with Crippen molar-refractivity contribution in [1.29, 1.82) is 0 Å². The molecule has 0 radical (unpaired) electrons. The number of rotatable bonds is 8. The Morgan fingerprint density at radius 3 is 2.48 bits per heavy atom. The van der Waals surface area contributed by atoms with E-state index in [4.69, 9.17) is 0 Å². The molecule has 1 atom stereocenters. The van der Waals surface area contributed by atoms with Crippen LogP contribution in [0.4, 0.5) is 0 Å². The second-order valence-electron chi connectivity index (χ2n) is 7.41. The largest absolute Gasteiger partial charge is 0.339 e. The van der Waals surface area contributed by atoms with Crippen molar-refractivity contribution in [3.05, 3.63) is 59.7 Å². The third-order valence-corrected chi connectivity index (χ3v) is 7.55. The van der Waals surface area contributed by atoms with Crippen LogP contribution in [0.1, 0.15) is 42.1 Å². The first kappa shape index (κ1) is 21.9. The molecular formula is C22H28N2O3S2. The van der Waals surface area contributed by atoms with Gasteiger partial charge in [0.2, 0.25) is 10.0 Å². The topological polar surface area (TPSA) is 66.5 Å². The summed E-state index contributed by atoms with van der Waals surface area (Å²) in [4.78, 5) is 15.6. The number of likely N-dealkylation sites (tertiary alicyclic amines) is 1. The lowest BCUT2D eigenvalue weighted by molar-refractivity contribution is 0.0789. The van der Waals surface area contributed by atoms with E-state index in [0.717, 1.165) is 37.2 Å². The molecule has 0 spiro atoms. The second kappa shape index (κ2) is 9.78. The van der Waals surface area contributed by atoms with Crippen molar-refractivity contribution in [2.45, 2.75) is 48.4 Å². The Hall–Kier alpha value is -1.83. The molecule has 1 fully saturated rings. The third kappa shape index (κ3) is 5.62. The summed E-state index contributed by atoms with van der Waals surface area (Å²) in [6, 6.07) is 14.6. The molecule has 0 bridgehead atoms. The molecule has 0 saturated carbocycles. The first-order chi connectivity index (χ1) is 13.9. The van der Waals surface area contributed by atoms with Gasteiger partial charge in [0.25, 0.3) is 5.91 Å². The molecule has 0 aromatic heterocycles. The number of benzene rings is 2. The van der Waals surface area contributed by atoms with Crippen LogP contribution in [0.2, 0.25) is 0 Å². The molecule has 0 aliphatic carbocycles. The van der Waals surface area contributed by atoms with E-state index < -0.39 is 10.0 Å². The SMILES string of the molecule is CSc1ccc(S(=O)(=O)N[C@H](C)CCc2ccccc2)cc1C(=O)N1CCCC1. The minimum absolute atomic E-state index is 0.0824. The van der Waals surface area contributed by atoms with Crippen LogP contribution in [0.5, 0.6) is 0 Å². The fourth-order valence-corrected chi connectivity index (χ4v) is 5.41. The number of sulfonamides is 1. The summed E-state index contributed by atoms with van der Waals surface area (Å²) >= 11 is 1.46. The molecule has 1 saturated heterocycles. The van der Waals surface area contributed by atoms with Crippen LogP contribution in [0.3, 0.4) is 0 Å². The lowest BCUT2D eigenvalue weighted by Gasteiger charge is -2.19. The minimum atomic E-state index is -3.70. The van der Waals surface area contributed by atoms with Crippen molar-refractivity contribution in [2.75, 3.05) is 19.3 Å². The number of hydrogen-bond donors (Lipinski definition) is 1. The zero-order valence-electron chi connectivity index (χ0n) is 16.9. The molecule has 3 rings (SSSR count). The molecule has 1 heterocycles. The third-order valence-electron chi connectivity index (χ3n) is 5.17. The second-order valence-corrected chi connectivity index (χ2v) is 9.97. The molecule has 1 amide bonds. The lowest BCUT2D eigenvalue weighted by Crippen LogP contribution is -2.33. The van der Waals surface area contributed by atoms with Gasteiger partial charge in [0.05, 0.1) is 10.5 Å². The van der Waals surface area contributed by atoms with Crippen molar-refractivity contribution >= 4 is 27.7 Å². The summed E-state index contributed by atoms with van der Waals surface area (Å²) in [5, 5.41) is 0. The summed E-state index contributed by atoms with van der Waals surface area (Å²) in [5.41, 5.74) is 1.65. The van der Waals surface area contributed by atoms with Gasteiger partial charge in [0, 0.05) is 24.0 Å². The van der Waals surface area contributed by atoms with Crippen LogP contribution < -0.4 is 4.72 Å². The van der Waals surface area contributed by atoms with Crippen LogP contribution in [0.25, 0.3) is 0 Å². The van der Waals surface area contributed by atoms with Crippen LogP contribution in [-0.2, 0) is 16.4 Å². The molecule has 1 N–H and O–H groups in total. The van der Waals surface area contributed by atoms with E-state index >= 15 is 0 Å². The Balaban J connectivity index is 1.73. The quantitative estimate of drug-likeness (QED) is 0.642. The van der Waals surface area contributed by atoms with Crippen LogP contribution in [0, 0.1) is 0 Å². The van der Waals surface area contributed by atoms with E-state index in [0.29, 0.717) is 12.0 Å². The number of nitrogens with zero attached hydrogens (tertiary/aromatic N) is 1. The minimum Gasteiger partial charge on any atom is -0.339 e. The van der Waals surface area contributed by atoms with E-state index in [9.17, 15) is 13.2 Å². The average Bonchev–Trinajstić information content (AvgIpc) is 3.26. The number of aryl methyl sites for hydroxylation is 1. The first-order valence-electron chi connectivity index (χ1n) is 9.94. The average molecular weight is 433 g/mol. The molecule has 2 aromatic rings. The smallest absolute Gasteiger partial charge is 0.255 e. The molecule has 7 heteroatoms. The van der Waals surface area contributed by atoms with Gasteiger partial charge in [-0.05, 0) is 62.6 Å². The zero-order chi connectivity index (χ0) is 20.9. The number of hydrogen-bond acceptors (Lipinski definition) is 4. The summed E-state index contributed by atoms with van der Waals surface area (Å²) in [6.45, 7) is 3.34. The molecule has 1 aliphatic rings. The number of nitrogens with one attached hydrogen (secondary N) is 1. The maximum atomic E-state index is 12.9. The molecule has 0 unspecified atom stereocenters. The maximum Gasteiger partial charge on any atom is 0.255 e. The van der Waals surface area contributed by atoms with Gasteiger partial charge in [-0.2, -0.15) is 0 Å². The van der Waals surface area contributed by atoms with Crippen molar-refractivity contribution in [3.63, 3.8) is 0 Å². The summed E-state index contributed by atoms with van der Waals surface area (Å²) in [5.74, 6) is -0.0824. The molecule has 5 nitrogen and oxygen atoms in total. The van der Waals surface area contributed by atoms with E-state index in [2.05, 4.69) is 4.72 Å². The molecule has 1 aliphatic heterocycles. The fourth-order valence-electron chi connectivity index (χ4n) is 3.53. The van der Waals surface area contributed by atoms with Crippen molar-refractivity contribution < 1.29 is 13.2 Å². The monoisotopic (exact) mass is 432 g/mol. The maximum absolute atomic E-state index is 12.9. The van der Waals surface area contributed by atoms with Gasteiger partial charge >= 0.3 is 0 Å². The standard InChI is InChI=1S/C22H28N2O3S2/c1-17(10-11-18-8-4-3-5-9-18)23-29(26,27)19-12-13-21(28-2)20(16-19)22(25)24-14-6-7-15-24/h3-5,8-9,12-13,16-17,23H,6-7,10-11,14-15H2,1-2H3/t17-/m1/s1. The van der Waals surface area contributed by atoms with Gasteiger partial charge in [-0.3, -0.25) is 4.79 Å².